The van der Waals surface area contributed by atoms with Gasteiger partial charge in [-0.3, -0.25) is 0 Å². The summed E-state index contributed by atoms with van der Waals surface area (Å²) in [7, 11) is 0. The van der Waals surface area contributed by atoms with Gasteiger partial charge in [0, 0.05) is 12.4 Å². The lowest BCUT2D eigenvalue weighted by molar-refractivity contribution is 0.340. The van der Waals surface area contributed by atoms with E-state index in [-0.39, 0.29) is 6.04 Å². The topological polar surface area (TPSA) is 49.9 Å². The van der Waals surface area contributed by atoms with Gasteiger partial charge in [-0.1, -0.05) is 19.1 Å². The number of aromatic amines is 1. The fourth-order valence-corrected chi connectivity index (χ4v) is 2.02. The molecule has 0 aliphatic carbocycles. The van der Waals surface area contributed by atoms with Gasteiger partial charge < -0.3 is 15.0 Å². The molecule has 0 saturated heterocycles. The summed E-state index contributed by atoms with van der Waals surface area (Å²) in [5, 5.41) is 3.51. The minimum atomic E-state index is 0.102. The second kappa shape index (κ2) is 6.95. The molecule has 19 heavy (non-hydrogen) atoms. The number of hydrogen-bond donors (Lipinski definition) is 2. The van der Waals surface area contributed by atoms with E-state index in [1.54, 1.807) is 6.20 Å². The molecule has 4 heteroatoms. The molecule has 0 aliphatic rings. The second-order valence-electron chi connectivity index (χ2n) is 4.36. The Bertz CT molecular complexity index is 465. The summed E-state index contributed by atoms with van der Waals surface area (Å²) in [6.07, 6.45) is 4.73. The molecule has 0 radical (unpaired) electrons. The van der Waals surface area contributed by atoms with Crippen LogP contribution in [0.3, 0.4) is 0 Å². The Hall–Kier alpha value is -1.81. The lowest BCUT2D eigenvalue weighted by Gasteiger charge is -2.17. The van der Waals surface area contributed by atoms with Crippen LogP contribution in [0.4, 0.5) is 0 Å². The standard InChI is InChI=1S/C15H21N3O/c1-3-9-16-14(15-17-10-11-18-15)12-5-7-13(8-6-12)19-4-2/h5-8,10-11,14,16H,3-4,9H2,1-2H3,(H,17,18). The third-order valence-corrected chi connectivity index (χ3v) is 2.92. The third kappa shape index (κ3) is 3.58. The Kier molecular flexibility index (Phi) is 4.98. The Labute approximate surface area is 114 Å². The lowest BCUT2D eigenvalue weighted by Crippen LogP contribution is -2.24. The van der Waals surface area contributed by atoms with Gasteiger partial charge in [-0.05, 0) is 37.6 Å². The van der Waals surface area contributed by atoms with Crippen molar-refractivity contribution in [3.8, 4) is 5.75 Å². The van der Waals surface area contributed by atoms with Crippen molar-refractivity contribution in [2.45, 2.75) is 26.3 Å². The molecule has 2 rings (SSSR count). The van der Waals surface area contributed by atoms with Gasteiger partial charge in [-0.15, -0.1) is 0 Å². The molecule has 0 saturated carbocycles. The van der Waals surface area contributed by atoms with Gasteiger partial charge in [-0.25, -0.2) is 4.98 Å². The van der Waals surface area contributed by atoms with E-state index in [0.717, 1.165) is 24.5 Å². The summed E-state index contributed by atoms with van der Waals surface area (Å²) in [5.74, 6) is 1.84. The highest BCUT2D eigenvalue weighted by Gasteiger charge is 2.15. The molecule has 2 aromatic rings. The summed E-state index contributed by atoms with van der Waals surface area (Å²) in [6.45, 7) is 5.79. The Morgan fingerprint density at radius 1 is 1.26 bits per heavy atom. The molecule has 1 unspecified atom stereocenters. The van der Waals surface area contributed by atoms with Crippen LogP contribution in [0.5, 0.6) is 5.75 Å². The molecule has 4 nitrogen and oxygen atoms in total. The molecular formula is C15H21N3O. The van der Waals surface area contributed by atoms with Crippen molar-refractivity contribution in [1.82, 2.24) is 15.3 Å². The Balaban J connectivity index is 2.17. The zero-order valence-corrected chi connectivity index (χ0v) is 11.5. The Morgan fingerprint density at radius 3 is 2.63 bits per heavy atom. The van der Waals surface area contributed by atoms with E-state index < -0.39 is 0 Å². The van der Waals surface area contributed by atoms with E-state index in [1.807, 2.05) is 25.3 Å². The van der Waals surface area contributed by atoms with Crippen LogP contribution < -0.4 is 10.1 Å². The lowest BCUT2D eigenvalue weighted by atomic mass is 10.1. The van der Waals surface area contributed by atoms with Crippen LogP contribution in [-0.4, -0.2) is 23.1 Å². The first-order valence-corrected chi connectivity index (χ1v) is 6.80. The van der Waals surface area contributed by atoms with Crippen molar-refractivity contribution in [1.29, 1.82) is 0 Å². The zero-order valence-electron chi connectivity index (χ0n) is 11.5. The predicted molar refractivity (Wildman–Crippen MR) is 76.3 cm³/mol. The molecule has 1 aromatic carbocycles. The molecule has 0 aliphatic heterocycles. The van der Waals surface area contributed by atoms with Crippen LogP contribution in [0.2, 0.25) is 0 Å². The number of aromatic nitrogens is 2. The maximum Gasteiger partial charge on any atom is 0.127 e. The molecule has 0 fully saturated rings. The summed E-state index contributed by atoms with van der Waals surface area (Å²) >= 11 is 0. The van der Waals surface area contributed by atoms with Gasteiger partial charge in [-0.2, -0.15) is 0 Å². The number of nitrogens with zero attached hydrogens (tertiary/aromatic N) is 1. The zero-order chi connectivity index (χ0) is 13.5. The largest absolute Gasteiger partial charge is 0.494 e. The van der Waals surface area contributed by atoms with Gasteiger partial charge in [0.2, 0.25) is 0 Å². The number of benzene rings is 1. The van der Waals surface area contributed by atoms with Crippen molar-refractivity contribution >= 4 is 0 Å². The average molecular weight is 259 g/mol. The van der Waals surface area contributed by atoms with E-state index in [0.29, 0.717) is 6.61 Å². The molecule has 1 heterocycles. The predicted octanol–water partition coefficient (Wildman–Crippen LogP) is 2.90. The number of imidazole rings is 1. The van der Waals surface area contributed by atoms with Crippen LogP contribution >= 0.6 is 0 Å². The molecule has 1 atom stereocenters. The normalized spacial score (nSPS) is 12.3. The van der Waals surface area contributed by atoms with Gasteiger partial charge >= 0.3 is 0 Å². The highest BCUT2D eigenvalue weighted by Crippen LogP contribution is 2.21. The van der Waals surface area contributed by atoms with Crippen LogP contribution in [-0.2, 0) is 0 Å². The monoisotopic (exact) mass is 259 g/mol. The van der Waals surface area contributed by atoms with E-state index in [1.165, 1.54) is 5.56 Å². The highest BCUT2D eigenvalue weighted by atomic mass is 16.5. The molecule has 2 N–H and O–H groups in total. The number of H-pyrrole nitrogens is 1. The molecule has 102 valence electrons. The smallest absolute Gasteiger partial charge is 0.127 e. The third-order valence-electron chi connectivity index (χ3n) is 2.92. The fraction of sp³-hybridized carbons (Fsp3) is 0.400. The minimum absolute atomic E-state index is 0.102. The number of rotatable bonds is 7. The molecule has 0 spiro atoms. The average Bonchev–Trinajstić information content (AvgIpc) is 2.95. The van der Waals surface area contributed by atoms with Crippen molar-refractivity contribution in [2.75, 3.05) is 13.2 Å². The fourth-order valence-electron chi connectivity index (χ4n) is 2.02. The van der Waals surface area contributed by atoms with Gasteiger partial charge in [0.1, 0.15) is 11.6 Å². The van der Waals surface area contributed by atoms with E-state index in [2.05, 4.69) is 34.3 Å². The van der Waals surface area contributed by atoms with Gasteiger partial charge in [0.15, 0.2) is 0 Å². The summed E-state index contributed by atoms with van der Waals surface area (Å²) in [6, 6.07) is 8.28. The second-order valence-corrected chi connectivity index (χ2v) is 4.36. The summed E-state index contributed by atoms with van der Waals surface area (Å²) < 4.78 is 5.47. The van der Waals surface area contributed by atoms with Crippen molar-refractivity contribution in [3.63, 3.8) is 0 Å². The molecule has 0 amide bonds. The van der Waals surface area contributed by atoms with E-state index in [4.69, 9.17) is 4.74 Å². The number of ether oxygens (including phenoxy) is 1. The van der Waals surface area contributed by atoms with Crippen molar-refractivity contribution in [3.05, 3.63) is 48.0 Å². The van der Waals surface area contributed by atoms with Crippen molar-refractivity contribution < 1.29 is 4.74 Å². The van der Waals surface area contributed by atoms with Crippen molar-refractivity contribution in [2.24, 2.45) is 0 Å². The maximum atomic E-state index is 5.47. The van der Waals surface area contributed by atoms with Gasteiger partial charge in [0.05, 0.1) is 12.6 Å². The van der Waals surface area contributed by atoms with E-state index in [9.17, 15) is 0 Å². The summed E-state index contributed by atoms with van der Waals surface area (Å²) in [5.41, 5.74) is 1.19. The van der Waals surface area contributed by atoms with Crippen LogP contribution in [0.15, 0.2) is 36.7 Å². The van der Waals surface area contributed by atoms with E-state index >= 15 is 0 Å². The Morgan fingerprint density at radius 2 is 2.05 bits per heavy atom. The first kappa shape index (κ1) is 13.6. The molecule has 1 aromatic heterocycles. The van der Waals surface area contributed by atoms with Crippen LogP contribution in [0, 0.1) is 0 Å². The van der Waals surface area contributed by atoms with Crippen LogP contribution in [0.25, 0.3) is 0 Å². The van der Waals surface area contributed by atoms with Gasteiger partial charge in [0.25, 0.3) is 0 Å². The number of nitrogens with one attached hydrogen (secondary N) is 2. The quantitative estimate of drug-likeness (QED) is 0.804. The summed E-state index contributed by atoms with van der Waals surface area (Å²) in [4.78, 5) is 7.53. The SMILES string of the molecule is CCCNC(c1ccc(OCC)cc1)c1ncc[nH]1. The first-order valence-electron chi connectivity index (χ1n) is 6.80. The molecular weight excluding hydrogens is 238 g/mol. The number of hydrogen-bond acceptors (Lipinski definition) is 3. The molecule has 0 bridgehead atoms. The maximum absolute atomic E-state index is 5.47. The minimum Gasteiger partial charge on any atom is -0.494 e. The highest BCUT2D eigenvalue weighted by molar-refractivity contribution is 5.31. The first-order chi connectivity index (χ1) is 9.35. The van der Waals surface area contributed by atoms with Crippen LogP contribution in [0.1, 0.15) is 37.7 Å².